The van der Waals surface area contributed by atoms with E-state index < -0.39 is 11.6 Å². The van der Waals surface area contributed by atoms with Gasteiger partial charge in [0.15, 0.2) is 11.6 Å². The maximum absolute atomic E-state index is 14.6. The average molecular weight is 624 g/mol. The monoisotopic (exact) mass is 622 g/mol. The molecule has 0 saturated heterocycles. The standard InChI is InChI=1S/C35H31BrN2O4/c1-2-20-35(34(40)37-31-27-12-5-3-10-25(27)26-11-4-6-13-28(26)31)32(29-14-7-8-15-30(29)36)42-33(38-35)23-16-18-24(19-17-23)41-22-9-21-39/h2-8,10-19,31-32,39H,1,9,20-22H2,(H,37,40)/t32-,35-/m1/s1. The lowest BCUT2D eigenvalue weighted by atomic mass is 9.84. The van der Waals surface area contributed by atoms with Crippen LogP contribution in [-0.4, -0.2) is 35.7 Å². The van der Waals surface area contributed by atoms with E-state index in [1.54, 1.807) is 6.08 Å². The van der Waals surface area contributed by atoms with Crippen molar-refractivity contribution < 1.29 is 19.4 Å². The number of halogens is 1. The molecule has 6 nitrogen and oxygen atoms in total. The van der Waals surface area contributed by atoms with Crippen molar-refractivity contribution in [3.05, 3.63) is 136 Å². The molecule has 2 atom stereocenters. The third-order valence-electron chi connectivity index (χ3n) is 7.78. The Kier molecular flexibility index (Phi) is 7.96. The summed E-state index contributed by atoms with van der Waals surface area (Å²) in [5.41, 5.74) is 4.60. The van der Waals surface area contributed by atoms with E-state index in [0.29, 0.717) is 24.7 Å². The van der Waals surface area contributed by atoms with Crippen LogP contribution in [0.25, 0.3) is 11.1 Å². The number of ether oxygens (including phenoxy) is 2. The average Bonchev–Trinajstić information content (AvgIpc) is 3.55. The van der Waals surface area contributed by atoms with Gasteiger partial charge in [0.1, 0.15) is 5.75 Å². The van der Waals surface area contributed by atoms with Crippen LogP contribution in [0.5, 0.6) is 5.75 Å². The maximum Gasteiger partial charge on any atom is 0.253 e. The van der Waals surface area contributed by atoms with Crippen LogP contribution >= 0.6 is 15.9 Å². The zero-order valence-corrected chi connectivity index (χ0v) is 24.6. The molecule has 7 heteroatoms. The number of hydrogen-bond donors (Lipinski definition) is 2. The molecule has 42 heavy (non-hydrogen) atoms. The van der Waals surface area contributed by atoms with Gasteiger partial charge in [0.25, 0.3) is 5.91 Å². The molecule has 0 fully saturated rings. The van der Waals surface area contributed by atoms with E-state index in [1.807, 2.05) is 72.8 Å². The van der Waals surface area contributed by atoms with Gasteiger partial charge in [-0.05, 0) is 52.6 Å². The Bertz CT molecular complexity index is 1610. The van der Waals surface area contributed by atoms with E-state index in [4.69, 9.17) is 19.6 Å². The molecule has 1 heterocycles. The number of aliphatic hydroxyl groups is 1. The van der Waals surface area contributed by atoms with Crippen molar-refractivity contribution in [3.8, 4) is 16.9 Å². The Balaban J connectivity index is 1.40. The van der Waals surface area contributed by atoms with Gasteiger partial charge < -0.3 is 19.9 Å². The molecule has 2 aliphatic rings. The lowest BCUT2D eigenvalue weighted by Crippen LogP contribution is -2.49. The minimum Gasteiger partial charge on any atom is -0.494 e. The van der Waals surface area contributed by atoms with Crippen molar-refractivity contribution >= 4 is 27.7 Å². The molecule has 4 aromatic rings. The SMILES string of the molecule is C=CC[C@@]1(C(=O)NC2c3ccccc3-c3ccccc32)N=C(c2ccc(OCCCO)cc2)O[C@@H]1c1ccccc1Br. The number of aliphatic imine (C=N–C) groups is 1. The van der Waals surface area contributed by atoms with E-state index in [-0.39, 0.29) is 25.0 Å². The zero-order valence-electron chi connectivity index (χ0n) is 23.0. The molecule has 1 aliphatic carbocycles. The Morgan fingerprint density at radius 2 is 1.57 bits per heavy atom. The second kappa shape index (κ2) is 12.0. The van der Waals surface area contributed by atoms with Gasteiger partial charge >= 0.3 is 0 Å². The largest absolute Gasteiger partial charge is 0.494 e. The first-order chi connectivity index (χ1) is 20.6. The lowest BCUT2D eigenvalue weighted by molar-refractivity contribution is -0.129. The molecule has 0 bridgehead atoms. The Morgan fingerprint density at radius 3 is 2.19 bits per heavy atom. The zero-order chi connectivity index (χ0) is 29.1. The van der Waals surface area contributed by atoms with Crippen molar-refractivity contribution in [1.29, 1.82) is 0 Å². The molecule has 0 unspecified atom stereocenters. The van der Waals surface area contributed by atoms with Crippen molar-refractivity contribution in [2.24, 2.45) is 4.99 Å². The highest BCUT2D eigenvalue weighted by atomic mass is 79.9. The molecule has 0 saturated carbocycles. The van der Waals surface area contributed by atoms with Crippen LogP contribution in [0, 0.1) is 0 Å². The van der Waals surface area contributed by atoms with E-state index in [2.05, 4.69) is 52.1 Å². The van der Waals surface area contributed by atoms with E-state index >= 15 is 0 Å². The predicted molar refractivity (Wildman–Crippen MR) is 168 cm³/mol. The third-order valence-corrected chi connectivity index (χ3v) is 8.50. The molecule has 0 aromatic heterocycles. The topological polar surface area (TPSA) is 80.2 Å². The number of carbonyl (C=O) groups excluding carboxylic acids is 1. The Hall–Kier alpha value is -4.20. The van der Waals surface area contributed by atoms with E-state index in [9.17, 15) is 4.79 Å². The number of rotatable bonds is 10. The summed E-state index contributed by atoms with van der Waals surface area (Å²) in [5, 5.41) is 12.4. The minimum atomic E-state index is -1.30. The van der Waals surface area contributed by atoms with Gasteiger partial charge in [0.2, 0.25) is 5.90 Å². The van der Waals surface area contributed by atoms with Gasteiger partial charge in [0.05, 0.1) is 12.6 Å². The molecule has 0 spiro atoms. The highest BCUT2D eigenvalue weighted by Gasteiger charge is 2.53. The number of carbonyl (C=O) groups is 1. The van der Waals surface area contributed by atoms with Gasteiger partial charge in [-0.3, -0.25) is 4.79 Å². The lowest BCUT2D eigenvalue weighted by Gasteiger charge is -2.31. The first-order valence-corrected chi connectivity index (χ1v) is 14.8. The van der Waals surface area contributed by atoms with Crippen molar-refractivity contribution in [2.45, 2.75) is 30.5 Å². The molecular formula is C35H31BrN2O4. The van der Waals surface area contributed by atoms with Crippen LogP contribution in [0.3, 0.4) is 0 Å². The normalized spacial score (nSPS) is 18.9. The number of nitrogens with zero attached hydrogens (tertiary/aromatic N) is 1. The molecule has 0 radical (unpaired) electrons. The predicted octanol–water partition coefficient (Wildman–Crippen LogP) is 6.93. The van der Waals surface area contributed by atoms with Crippen molar-refractivity contribution in [1.82, 2.24) is 5.32 Å². The van der Waals surface area contributed by atoms with E-state index in [0.717, 1.165) is 37.9 Å². The fraction of sp³-hybridized carbons (Fsp3) is 0.200. The summed E-state index contributed by atoms with van der Waals surface area (Å²) in [6.07, 6.45) is 1.86. The highest BCUT2D eigenvalue weighted by Crippen LogP contribution is 2.47. The summed E-state index contributed by atoms with van der Waals surface area (Å²) in [6.45, 7) is 4.50. The number of aliphatic hydroxyl groups excluding tert-OH is 1. The Labute approximate surface area is 253 Å². The summed E-state index contributed by atoms with van der Waals surface area (Å²) >= 11 is 3.68. The second-order valence-corrected chi connectivity index (χ2v) is 11.2. The smallest absolute Gasteiger partial charge is 0.253 e. The molecule has 1 amide bonds. The third kappa shape index (κ3) is 5.03. The molecule has 212 valence electrons. The number of hydrogen-bond acceptors (Lipinski definition) is 5. The maximum atomic E-state index is 14.6. The number of benzene rings is 4. The Morgan fingerprint density at radius 1 is 0.952 bits per heavy atom. The highest BCUT2D eigenvalue weighted by molar-refractivity contribution is 9.10. The summed E-state index contributed by atoms with van der Waals surface area (Å²) in [6, 6.07) is 31.2. The fourth-order valence-electron chi connectivity index (χ4n) is 5.77. The van der Waals surface area contributed by atoms with Gasteiger partial charge in [-0.15, -0.1) is 6.58 Å². The van der Waals surface area contributed by atoms with Gasteiger partial charge in [-0.1, -0.05) is 88.7 Å². The second-order valence-electron chi connectivity index (χ2n) is 10.4. The quantitative estimate of drug-likeness (QED) is 0.148. The molecular weight excluding hydrogens is 592 g/mol. The molecule has 2 N–H and O–H groups in total. The van der Waals surface area contributed by atoms with Crippen molar-refractivity contribution in [2.75, 3.05) is 13.2 Å². The number of fused-ring (bicyclic) bond motifs is 3. The van der Waals surface area contributed by atoms with Crippen LogP contribution < -0.4 is 10.1 Å². The van der Waals surface area contributed by atoms with Gasteiger partial charge in [-0.25, -0.2) is 4.99 Å². The fourth-order valence-corrected chi connectivity index (χ4v) is 6.26. The minimum absolute atomic E-state index is 0.0740. The van der Waals surface area contributed by atoms with Crippen LogP contribution in [0.4, 0.5) is 0 Å². The number of nitrogens with one attached hydrogen (secondary N) is 1. The first-order valence-electron chi connectivity index (χ1n) is 14.0. The van der Waals surface area contributed by atoms with Gasteiger partial charge in [0, 0.05) is 35.0 Å². The molecule has 6 rings (SSSR count). The molecule has 1 aliphatic heterocycles. The van der Waals surface area contributed by atoms with Gasteiger partial charge in [-0.2, -0.15) is 0 Å². The van der Waals surface area contributed by atoms with Crippen LogP contribution in [0.1, 0.15) is 47.2 Å². The first kappa shape index (κ1) is 27.9. The summed E-state index contributed by atoms with van der Waals surface area (Å²) in [7, 11) is 0. The van der Waals surface area contributed by atoms with E-state index in [1.165, 1.54) is 0 Å². The van der Waals surface area contributed by atoms with Crippen LogP contribution in [0.15, 0.2) is 119 Å². The van der Waals surface area contributed by atoms with Crippen molar-refractivity contribution in [3.63, 3.8) is 0 Å². The van der Waals surface area contributed by atoms with Crippen LogP contribution in [0.2, 0.25) is 0 Å². The summed E-state index contributed by atoms with van der Waals surface area (Å²) < 4.78 is 13.1. The summed E-state index contributed by atoms with van der Waals surface area (Å²) in [4.78, 5) is 19.7. The van der Waals surface area contributed by atoms with Crippen LogP contribution in [-0.2, 0) is 9.53 Å². The summed E-state index contributed by atoms with van der Waals surface area (Å²) in [5.74, 6) is 0.822. The molecule has 4 aromatic carbocycles. The number of amides is 1.